The topological polar surface area (TPSA) is 52.2 Å². The lowest BCUT2D eigenvalue weighted by atomic mass is 9.72. The Morgan fingerprint density at radius 3 is 2.60 bits per heavy atom. The predicted molar refractivity (Wildman–Crippen MR) is 150 cm³/mol. The zero-order valence-corrected chi connectivity index (χ0v) is 23.0. The molecule has 1 aromatic heterocycles. The molecule has 3 aromatic rings. The third-order valence-corrected chi connectivity index (χ3v) is 8.91. The smallest absolute Gasteiger partial charge is 0.280 e. The maximum absolute atomic E-state index is 13.0. The van der Waals surface area contributed by atoms with E-state index in [0.717, 1.165) is 42.9 Å². The van der Waals surface area contributed by atoms with Gasteiger partial charge in [-0.1, -0.05) is 62.6 Å². The number of aryl methyl sites for hydroxylation is 1. The summed E-state index contributed by atoms with van der Waals surface area (Å²) in [6.07, 6.45) is 9.37. The molecule has 0 bridgehead atoms. The van der Waals surface area contributed by atoms with Crippen LogP contribution in [0.15, 0.2) is 58.3 Å². The zero-order valence-electron chi connectivity index (χ0n) is 20.8. The summed E-state index contributed by atoms with van der Waals surface area (Å²) in [5.74, 6) is 1.31. The van der Waals surface area contributed by atoms with Crippen LogP contribution in [0.1, 0.15) is 74.4 Å². The van der Waals surface area contributed by atoms with Gasteiger partial charge >= 0.3 is 5.69 Å². The van der Waals surface area contributed by atoms with E-state index in [2.05, 4.69) is 78.0 Å². The Hall–Kier alpha value is -2.22. The van der Waals surface area contributed by atoms with E-state index in [1.54, 1.807) is 9.25 Å². The van der Waals surface area contributed by atoms with Crippen LogP contribution >= 0.6 is 22.6 Å². The molecule has 0 N–H and O–H groups in total. The predicted octanol–water partition coefficient (Wildman–Crippen LogP) is 6.05. The molecule has 0 spiro atoms. The highest BCUT2D eigenvalue weighted by Crippen LogP contribution is 2.44. The van der Waals surface area contributed by atoms with E-state index in [4.69, 9.17) is 10.1 Å². The number of halogens is 1. The lowest BCUT2D eigenvalue weighted by molar-refractivity contribution is 0.303. The zero-order chi connectivity index (χ0) is 24.4. The summed E-state index contributed by atoms with van der Waals surface area (Å²) in [4.78, 5) is 18.2. The fraction of sp³-hybridized carbons (Fsp3) is 0.483. The van der Waals surface area contributed by atoms with E-state index in [9.17, 15) is 4.79 Å². The van der Waals surface area contributed by atoms with Crippen molar-refractivity contribution >= 4 is 28.3 Å². The summed E-state index contributed by atoms with van der Waals surface area (Å²) in [7, 11) is 1.84. The molecule has 2 aliphatic carbocycles. The summed E-state index contributed by atoms with van der Waals surface area (Å²) >= 11 is 2.35. The molecule has 0 radical (unpaired) electrons. The van der Waals surface area contributed by atoms with Gasteiger partial charge in [-0.15, -0.1) is 0 Å². The minimum atomic E-state index is -0.118. The molecular formula is C29H35IN4O. The summed E-state index contributed by atoms with van der Waals surface area (Å²) in [5.41, 5.74) is 4.97. The Morgan fingerprint density at radius 1 is 1.11 bits per heavy atom. The second-order valence-electron chi connectivity index (χ2n) is 10.2. The van der Waals surface area contributed by atoms with Crippen molar-refractivity contribution in [1.82, 2.24) is 14.3 Å². The molecule has 1 atom stereocenters. The SMILES string of the molecule is CC[C@]1(/C(=N\Cc2nn(CC3CCCCC3)c(=O)n2C)c2ccc(I)cc2)CCc2ccccc21. The molecule has 35 heavy (non-hydrogen) atoms. The molecule has 1 heterocycles. The number of aromatic nitrogens is 3. The maximum Gasteiger partial charge on any atom is 0.345 e. The molecular weight excluding hydrogens is 547 g/mol. The number of nitrogens with zero attached hydrogens (tertiary/aromatic N) is 4. The molecule has 0 saturated heterocycles. The van der Waals surface area contributed by atoms with Gasteiger partial charge in [-0.25, -0.2) is 9.48 Å². The molecule has 2 aliphatic rings. The quantitative estimate of drug-likeness (QED) is 0.252. The van der Waals surface area contributed by atoms with Crippen LogP contribution in [0.4, 0.5) is 0 Å². The molecule has 2 aromatic carbocycles. The first-order valence-electron chi connectivity index (χ1n) is 13.0. The first kappa shape index (κ1) is 24.5. The first-order valence-corrected chi connectivity index (χ1v) is 14.1. The maximum atomic E-state index is 13.0. The van der Waals surface area contributed by atoms with Gasteiger partial charge in [-0.2, -0.15) is 5.10 Å². The normalized spacial score (nSPS) is 20.8. The third kappa shape index (κ3) is 4.78. The molecule has 1 fully saturated rings. The molecule has 1 saturated carbocycles. The first-order chi connectivity index (χ1) is 17.0. The van der Waals surface area contributed by atoms with Gasteiger partial charge in [-0.3, -0.25) is 9.56 Å². The van der Waals surface area contributed by atoms with Gasteiger partial charge in [-0.05, 0) is 89.4 Å². The Kier molecular flexibility index (Phi) is 7.28. The summed E-state index contributed by atoms with van der Waals surface area (Å²) in [5, 5.41) is 4.76. The molecule has 0 unspecified atom stereocenters. The van der Waals surface area contributed by atoms with Crippen molar-refractivity contribution in [3.05, 3.63) is 85.1 Å². The number of hydrogen-bond acceptors (Lipinski definition) is 3. The Morgan fingerprint density at radius 2 is 1.86 bits per heavy atom. The van der Waals surface area contributed by atoms with Crippen molar-refractivity contribution in [3.8, 4) is 0 Å². The van der Waals surface area contributed by atoms with Crippen molar-refractivity contribution < 1.29 is 0 Å². The molecule has 0 aliphatic heterocycles. The van der Waals surface area contributed by atoms with Crippen LogP contribution < -0.4 is 5.69 Å². The van der Waals surface area contributed by atoms with Crippen LogP contribution in [0, 0.1) is 9.49 Å². The monoisotopic (exact) mass is 582 g/mol. The van der Waals surface area contributed by atoms with Gasteiger partial charge in [0.2, 0.25) is 0 Å². The van der Waals surface area contributed by atoms with Crippen LogP contribution in [-0.2, 0) is 32.0 Å². The average molecular weight is 583 g/mol. The second kappa shape index (κ2) is 10.4. The largest absolute Gasteiger partial charge is 0.345 e. The van der Waals surface area contributed by atoms with Gasteiger partial charge < -0.3 is 0 Å². The van der Waals surface area contributed by atoms with Gasteiger partial charge in [0.1, 0.15) is 0 Å². The van der Waals surface area contributed by atoms with Crippen LogP contribution in [0.25, 0.3) is 0 Å². The van der Waals surface area contributed by atoms with Crippen LogP contribution in [-0.4, -0.2) is 20.1 Å². The standard InChI is InChI=1S/C29H35IN4O/c1-3-29(18-17-22-11-7-8-12-25(22)29)27(23-13-15-24(30)16-14-23)31-19-26-32-34(28(35)33(26)2)20-21-9-5-4-6-10-21/h7-8,11-16,21H,3-6,9-10,17-20H2,1-2H3/b31-27-/t29-/m0/s1. The van der Waals surface area contributed by atoms with Crippen LogP contribution in [0.5, 0.6) is 0 Å². The second-order valence-corrected chi connectivity index (χ2v) is 11.5. The third-order valence-electron chi connectivity index (χ3n) is 8.19. The van der Waals surface area contributed by atoms with Crippen molar-refractivity contribution in [2.24, 2.45) is 18.0 Å². The Labute approximate surface area is 221 Å². The van der Waals surface area contributed by atoms with E-state index in [1.165, 1.54) is 46.8 Å². The fourth-order valence-electron chi connectivity index (χ4n) is 6.15. The van der Waals surface area contributed by atoms with Crippen LogP contribution in [0.3, 0.4) is 0 Å². The number of rotatable bonds is 7. The number of fused-ring (bicyclic) bond motifs is 1. The molecule has 5 rings (SSSR count). The summed E-state index contributed by atoms with van der Waals surface area (Å²) in [6.45, 7) is 3.42. The van der Waals surface area contributed by atoms with E-state index >= 15 is 0 Å². The van der Waals surface area contributed by atoms with Crippen molar-refractivity contribution in [1.29, 1.82) is 0 Å². The molecule has 6 heteroatoms. The highest BCUT2D eigenvalue weighted by Gasteiger charge is 2.42. The highest BCUT2D eigenvalue weighted by molar-refractivity contribution is 14.1. The van der Waals surface area contributed by atoms with E-state index in [-0.39, 0.29) is 11.1 Å². The lowest BCUT2D eigenvalue weighted by Gasteiger charge is -2.32. The van der Waals surface area contributed by atoms with Gasteiger partial charge in [0.25, 0.3) is 0 Å². The molecule has 5 nitrogen and oxygen atoms in total. The summed E-state index contributed by atoms with van der Waals surface area (Å²) in [6, 6.07) is 17.5. The van der Waals surface area contributed by atoms with Crippen molar-refractivity contribution in [2.45, 2.75) is 76.8 Å². The van der Waals surface area contributed by atoms with E-state index in [1.807, 2.05) is 7.05 Å². The van der Waals surface area contributed by atoms with Crippen LogP contribution in [0.2, 0.25) is 0 Å². The fourth-order valence-corrected chi connectivity index (χ4v) is 6.51. The van der Waals surface area contributed by atoms with Gasteiger partial charge in [0.05, 0.1) is 12.3 Å². The minimum Gasteiger partial charge on any atom is -0.280 e. The number of benzene rings is 2. The van der Waals surface area contributed by atoms with E-state index in [0.29, 0.717) is 12.5 Å². The molecule has 184 valence electrons. The van der Waals surface area contributed by atoms with Crippen molar-refractivity contribution in [2.75, 3.05) is 0 Å². The Bertz CT molecular complexity index is 1270. The van der Waals surface area contributed by atoms with Gasteiger partial charge in [0.15, 0.2) is 5.82 Å². The molecule has 0 amide bonds. The van der Waals surface area contributed by atoms with Gasteiger partial charge in [0, 0.05) is 22.6 Å². The highest BCUT2D eigenvalue weighted by atomic mass is 127. The lowest BCUT2D eigenvalue weighted by Crippen LogP contribution is -2.34. The average Bonchev–Trinajstić information content (AvgIpc) is 3.39. The van der Waals surface area contributed by atoms with Crippen molar-refractivity contribution in [3.63, 3.8) is 0 Å². The Balaban J connectivity index is 1.52. The minimum absolute atomic E-state index is 0.0204. The van der Waals surface area contributed by atoms with E-state index < -0.39 is 0 Å². The summed E-state index contributed by atoms with van der Waals surface area (Å²) < 4.78 is 4.59. The number of hydrogen-bond donors (Lipinski definition) is 0. The number of aliphatic imine (C=N–C) groups is 1.